The van der Waals surface area contributed by atoms with Crippen LogP contribution in [0.4, 0.5) is 0 Å². The molecular formula is C22H28N2O6. The van der Waals surface area contributed by atoms with Crippen molar-refractivity contribution in [2.75, 3.05) is 33.9 Å². The number of esters is 2. The predicted molar refractivity (Wildman–Crippen MR) is 108 cm³/mol. The Morgan fingerprint density at radius 2 is 1.83 bits per heavy atom. The van der Waals surface area contributed by atoms with Crippen molar-refractivity contribution < 1.29 is 28.7 Å². The zero-order chi connectivity index (χ0) is 21.7. The third-order valence-electron chi connectivity index (χ3n) is 5.97. The topological polar surface area (TPSA) is 85.4 Å². The lowest BCUT2D eigenvalue weighted by Crippen LogP contribution is -2.57. The van der Waals surface area contributed by atoms with Gasteiger partial charge in [0.15, 0.2) is 0 Å². The fourth-order valence-corrected chi connectivity index (χ4v) is 4.38. The van der Waals surface area contributed by atoms with E-state index in [0.717, 1.165) is 5.56 Å². The molecule has 1 aromatic carbocycles. The molecule has 30 heavy (non-hydrogen) atoms. The van der Waals surface area contributed by atoms with E-state index in [-0.39, 0.29) is 30.9 Å². The van der Waals surface area contributed by atoms with Gasteiger partial charge < -0.3 is 9.47 Å². The lowest BCUT2D eigenvalue weighted by Gasteiger charge is -2.45. The molecule has 0 aromatic heterocycles. The molecule has 1 amide bonds. The van der Waals surface area contributed by atoms with Crippen LogP contribution in [-0.2, 0) is 30.4 Å². The van der Waals surface area contributed by atoms with Crippen molar-refractivity contribution in [2.24, 2.45) is 5.92 Å². The van der Waals surface area contributed by atoms with Gasteiger partial charge in [-0.1, -0.05) is 18.2 Å². The number of hydrogen-bond donors (Lipinski definition) is 0. The number of benzene rings is 1. The van der Waals surface area contributed by atoms with E-state index in [0.29, 0.717) is 38.0 Å². The Morgan fingerprint density at radius 1 is 1.17 bits per heavy atom. The maximum atomic E-state index is 12.6. The van der Waals surface area contributed by atoms with Crippen LogP contribution in [0.3, 0.4) is 0 Å². The van der Waals surface area contributed by atoms with Gasteiger partial charge in [-0.15, -0.1) is 6.58 Å². The van der Waals surface area contributed by atoms with E-state index >= 15 is 0 Å². The van der Waals surface area contributed by atoms with Gasteiger partial charge >= 0.3 is 11.9 Å². The molecule has 0 bridgehead atoms. The molecule has 3 rings (SSSR count). The Balaban J connectivity index is 1.70. The van der Waals surface area contributed by atoms with Crippen molar-refractivity contribution in [1.82, 2.24) is 9.96 Å². The van der Waals surface area contributed by atoms with Crippen LogP contribution in [0, 0.1) is 5.92 Å². The van der Waals surface area contributed by atoms with Gasteiger partial charge in [0.2, 0.25) is 5.91 Å². The summed E-state index contributed by atoms with van der Waals surface area (Å²) in [5.74, 6) is -1.47. The smallest absolute Gasteiger partial charge is 0.337 e. The van der Waals surface area contributed by atoms with E-state index in [1.165, 1.54) is 19.3 Å². The molecule has 2 fully saturated rings. The van der Waals surface area contributed by atoms with E-state index in [4.69, 9.17) is 14.3 Å². The molecule has 2 heterocycles. The number of methoxy groups -OCH3 is 2. The summed E-state index contributed by atoms with van der Waals surface area (Å²) in [6.45, 7) is 5.96. The number of ether oxygens (including phenoxy) is 2. The first-order chi connectivity index (χ1) is 14.4. The highest BCUT2D eigenvalue weighted by molar-refractivity contribution is 5.89. The summed E-state index contributed by atoms with van der Waals surface area (Å²) in [5.41, 5.74) is 0.892. The third-order valence-corrected chi connectivity index (χ3v) is 5.97. The van der Waals surface area contributed by atoms with Gasteiger partial charge in [-0.2, -0.15) is 0 Å². The maximum absolute atomic E-state index is 12.6. The van der Waals surface area contributed by atoms with Crippen molar-refractivity contribution in [3.8, 4) is 0 Å². The highest BCUT2D eigenvalue weighted by atomic mass is 16.7. The molecule has 0 aliphatic carbocycles. The minimum atomic E-state index is -0.696. The lowest BCUT2D eigenvalue weighted by molar-refractivity contribution is -0.218. The standard InChI is InChI=1S/C22H28N2O6/c1-4-13-30-24-19(25)14-18(21(27)29-3)22(24)9-11-23(12-10-22)15-16-5-7-17(8-6-16)20(26)28-2/h4-8,18H,1,9-15H2,2-3H3. The molecule has 8 nitrogen and oxygen atoms in total. The summed E-state index contributed by atoms with van der Waals surface area (Å²) >= 11 is 0. The van der Waals surface area contributed by atoms with E-state index in [2.05, 4.69) is 11.5 Å². The maximum Gasteiger partial charge on any atom is 0.337 e. The second kappa shape index (κ2) is 9.40. The fraction of sp³-hybridized carbons (Fsp3) is 0.500. The van der Waals surface area contributed by atoms with E-state index < -0.39 is 11.5 Å². The van der Waals surface area contributed by atoms with E-state index in [1.807, 2.05) is 12.1 Å². The van der Waals surface area contributed by atoms with Crippen molar-refractivity contribution >= 4 is 17.8 Å². The van der Waals surface area contributed by atoms with Crippen LogP contribution in [0.5, 0.6) is 0 Å². The van der Waals surface area contributed by atoms with E-state index in [9.17, 15) is 14.4 Å². The summed E-state index contributed by atoms with van der Waals surface area (Å²) in [4.78, 5) is 44.5. The van der Waals surface area contributed by atoms with Crippen LogP contribution in [0.15, 0.2) is 36.9 Å². The second-order valence-electron chi connectivity index (χ2n) is 7.62. The highest BCUT2D eigenvalue weighted by Gasteiger charge is 2.58. The molecular weight excluding hydrogens is 388 g/mol. The van der Waals surface area contributed by atoms with Crippen molar-refractivity contribution in [3.63, 3.8) is 0 Å². The molecule has 0 N–H and O–H groups in total. The minimum Gasteiger partial charge on any atom is -0.469 e. The first-order valence-electron chi connectivity index (χ1n) is 9.99. The first-order valence-corrected chi connectivity index (χ1v) is 9.99. The van der Waals surface area contributed by atoms with Gasteiger partial charge in [0.1, 0.15) is 0 Å². The molecule has 2 saturated heterocycles. The number of hydroxylamine groups is 2. The molecule has 1 aromatic rings. The second-order valence-corrected chi connectivity index (χ2v) is 7.62. The molecule has 8 heteroatoms. The zero-order valence-corrected chi connectivity index (χ0v) is 17.5. The number of nitrogens with zero attached hydrogens (tertiary/aromatic N) is 2. The Bertz CT molecular complexity index is 798. The Morgan fingerprint density at radius 3 is 2.40 bits per heavy atom. The Kier molecular flexibility index (Phi) is 6.89. The molecule has 162 valence electrons. The van der Waals surface area contributed by atoms with Gasteiger partial charge in [0.25, 0.3) is 0 Å². The van der Waals surface area contributed by atoms with Crippen LogP contribution in [0.1, 0.15) is 35.2 Å². The number of amides is 1. The average Bonchev–Trinajstić information content (AvgIpc) is 3.04. The molecule has 1 unspecified atom stereocenters. The molecule has 2 aliphatic rings. The van der Waals surface area contributed by atoms with Crippen molar-refractivity contribution in [3.05, 3.63) is 48.0 Å². The molecule has 0 saturated carbocycles. The summed E-state index contributed by atoms with van der Waals surface area (Å²) in [7, 11) is 2.71. The van der Waals surface area contributed by atoms with Gasteiger partial charge in [0, 0.05) is 26.1 Å². The monoisotopic (exact) mass is 416 g/mol. The number of hydrogen-bond acceptors (Lipinski definition) is 7. The van der Waals surface area contributed by atoms with Gasteiger partial charge in [0.05, 0.1) is 37.8 Å². The molecule has 1 atom stereocenters. The Labute approximate surface area is 176 Å². The van der Waals surface area contributed by atoms with Crippen LogP contribution in [0.2, 0.25) is 0 Å². The zero-order valence-electron chi connectivity index (χ0n) is 17.5. The Hall–Kier alpha value is -2.71. The summed E-state index contributed by atoms with van der Waals surface area (Å²) in [6.07, 6.45) is 2.89. The van der Waals surface area contributed by atoms with Crippen molar-refractivity contribution in [2.45, 2.75) is 31.3 Å². The van der Waals surface area contributed by atoms with Crippen LogP contribution >= 0.6 is 0 Å². The molecule has 2 aliphatic heterocycles. The first kappa shape index (κ1) is 22.0. The average molecular weight is 416 g/mol. The van der Waals surface area contributed by atoms with E-state index in [1.54, 1.807) is 18.2 Å². The number of carbonyl (C=O) groups excluding carboxylic acids is 3. The SMILES string of the molecule is C=CCON1C(=O)CC(C(=O)OC)C12CCN(Cc1ccc(C(=O)OC)cc1)CC2. The summed E-state index contributed by atoms with van der Waals surface area (Å²) in [5, 5.41) is 1.40. The van der Waals surface area contributed by atoms with Gasteiger partial charge in [-0.05, 0) is 30.5 Å². The third kappa shape index (κ3) is 4.24. The fourth-order valence-electron chi connectivity index (χ4n) is 4.38. The largest absolute Gasteiger partial charge is 0.469 e. The number of likely N-dealkylation sites (tertiary alicyclic amines) is 1. The highest BCUT2D eigenvalue weighted by Crippen LogP contribution is 2.44. The van der Waals surface area contributed by atoms with Gasteiger partial charge in [-0.25, -0.2) is 9.86 Å². The normalized spacial score (nSPS) is 20.9. The summed E-state index contributed by atoms with van der Waals surface area (Å²) in [6, 6.07) is 7.32. The predicted octanol–water partition coefficient (Wildman–Crippen LogP) is 1.95. The number of carbonyl (C=O) groups is 3. The van der Waals surface area contributed by atoms with Crippen molar-refractivity contribution in [1.29, 1.82) is 0 Å². The van der Waals surface area contributed by atoms with Gasteiger partial charge in [-0.3, -0.25) is 19.3 Å². The number of rotatable bonds is 7. The molecule has 0 radical (unpaired) electrons. The minimum absolute atomic E-state index is 0.0960. The lowest BCUT2D eigenvalue weighted by atomic mass is 9.77. The molecule has 1 spiro atoms. The summed E-state index contributed by atoms with van der Waals surface area (Å²) < 4.78 is 9.71. The number of piperidine rings is 1. The van der Waals surface area contributed by atoms with Crippen LogP contribution in [-0.4, -0.2) is 67.3 Å². The van der Waals surface area contributed by atoms with Crippen LogP contribution < -0.4 is 0 Å². The van der Waals surface area contributed by atoms with Crippen LogP contribution in [0.25, 0.3) is 0 Å². The quantitative estimate of drug-likeness (QED) is 0.496.